The number of amides is 1. The number of allylic oxidation sites excluding steroid dienone is 1. The second-order valence-corrected chi connectivity index (χ2v) is 4.82. The van der Waals surface area contributed by atoms with Crippen LogP contribution in [0.5, 0.6) is 0 Å². The summed E-state index contributed by atoms with van der Waals surface area (Å²) in [5.41, 5.74) is -1.01. The van der Waals surface area contributed by atoms with Gasteiger partial charge in [0.1, 0.15) is 12.0 Å². The van der Waals surface area contributed by atoms with E-state index in [1.54, 1.807) is 19.1 Å². The number of alkyl halides is 3. The molecule has 2 aromatic heterocycles. The van der Waals surface area contributed by atoms with Crippen LogP contribution in [0.1, 0.15) is 36.3 Å². The van der Waals surface area contributed by atoms with Crippen LogP contribution in [0.15, 0.2) is 33.9 Å². The van der Waals surface area contributed by atoms with Gasteiger partial charge in [0.15, 0.2) is 11.5 Å². The van der Waals surface area contributed by atoms with Crippen molar-refractivity contribution in [3.05, 3.63) is 41.8 Å². The van der Waals surface area contributed by atoms with Crippen molar-refractivity contribution in [1.29, 1.82) is 0 Å². The fourth-order valence-corrected chi connectivity index (χ4v) is 2.00. The molecule has 0 bridgehead atoms. The van der Waals surface area contributed by atoms with Crippen LogP contribution in [0.4, 0.5) is 13.2 Å². The molecule has 23 heavy (non-hydrogen) atoms. The van der Waals surface area contributed by atoms with Crippen molar-refractivity contribution in [2.24, 2.45) is 4.99 Å². The van der Waals surface area contributed by atoms with E-state index in [1.165, 1.54) is 12.4 Å². The predicted molar refractivity (Wildman–Crippen MR) is 70.7 cm³/mol. The van der Waals surface area contributed by atoms with Gasteiger partial charge in [-0.3, -0.25) is 9.48 Å². The van der Waals surface area contributed by atoms with Gasteiger partial charge in [0.2, 0.25) is 0 Å². The minimum Gasteiger partial charge on any atom is -0.337 e. The number of rotatable bonds is 3. The van der Waals surface area contributed by atoms with E-state index in [0.717, 1.165) is 10.7 Å². The lowest BCUT2D eigenvalue weighted by Crippen LogP contribution is -2.14. The molecule has 0 aromatic carbocycles. The van der Waals surface area contributed by atoms with E-state index in [-0.39, 0.29) is 11.7 Å². The van der Waals surface area contributed by atoms with Crippen LogP contribution in [-0.4, -0.2) is 32.0 Å². The molecular formula is C13H10F3N5O2. The van der Waals surface area contributed by atoms with Gasteiger partial charge in [0.05, 0.1) is 0 Å². The fraction of sp³-hybridized carbons (Fsp3) is 0.308. The molecule has 120 valence electrons. The normalized spacial score (nSPS) is 19.3. The highest BCUT2D eigenvalue weighted by Gasteiger charge is 2.34. The Morgan fingerprint density at radius 3 is 2.83 bits per heavy atom. The highest BCUT2D eigenvalue weighted by atomic mass is 19.4. The van der Waals surface area contributed by atoms with Crippen LogP contribution in [0.25, 0.3) is 0 Å². The van der Waals surface area contributed by atoms with E-state index in [2.05, 4.69) is 20.2 Å². The van der Waals surface area contributed by atoms with Gasteiger partial charge in [0.25, 0.3) is 11.8 Å². The number of hydrogen-bond acceptors (Lipinski definition) is 5. The lowest BCUT2D eigenvalue weighted by molar-refractivity contribution is -0.141. The van der Waals surface area contributed by atoms with Gasteiger partial charge in [0, 0.05) is 12.4 Å². The number of halogens is 3. The molecule has 1 aliphatic rings. The number of carbonyl (C=O) groups excluding carboxylic acids is 1. The third-order valence-electron chi connectivity index (χ3n) is 3.25. The number of aromatic nitrogens is 4. The molecule has 2 aromatic rings. The Bertz CT molecular complexity index is 790. The zero-order chi connectivity index (χ0) is 16.6. The SMILES string of the molecule is CC(c1nc(C2C=CC=NC2=O)no1)n1ccc(C(F)(F)F)n1. The maximum atomic E-state index is 12.6. The van der Waals surface area contributed by atoms with Gasteiger partial charge >= 0.3 is 6.18 Å². The summed E-state index contributed by atoms with van der Waals surface area (Å²) in [6.07, 6.45) is 1.14. The van der Waals surface area contributed by atoms with E-state index in [9.17, 15) is 18.0 Å². The third-order valence-corrected chi connectivity index (χ3v) is 3.25. The molecule has 1 aliphatic heterocycles. The van der Waals surface area contributed by atoms with E-state index in [4.69, 9.17) is 4.52 Å². The quantitative estimate of drug-likeness (QED) is 0.863. The standard InChI is InChI=1S/C13H10F3N5O2/c1-7(21-6-4-9(19-21)13(14,15)16)12-18-10(20-23-12)8-3-2-5-17-11(8)22/h2-8H,1H3. The highest BCUT2D eigenvalue weighted by molar-refractivity contribution is 5.96. The molecule has 2 atom stereocenters. The monoisotopic (exact) mass is 325 g/mol. The Balaban J connectivity index is 1.82. The lowest BCUT2D eigenvalue weighted by atomic mass is 10.1. The van der Waals surface area contributed by atoms with Crippen molar-refractivity contribution in [2.75, 3.05) is 0 Å². The van der Waals surface area contributed by atoms with Gasteiger partial charge in [-0.15, -0.1) is 0 Å². The first-order valence-corrected chi connectivity index (χ1v) is 6.57. The first-order chi connectivity index (χ1) is 10.9. The Morgan fingerprint density at radius 1 is 1.39 bits per heavy atom. The van der Waals surface area contributed by atoms with Crippen molar-refractivity contribution in [1.82, 2.24) is 19.9 Å². The van der Waals surface area contributed by atoms with E-state index >= 15 is 0 Å². The second-order valence-electron chi connectivity index (χ2n) is 4.82. The Morgan fingerprint density at radius 2 is 2.17 bits per heavy atom. The molecule has 3 rings (SSSR count). The molecule has 0 saturated heterocycles. The number of aliphatic imine (C=N–C) groups is 1. The number of dihydropyridines is 1. The van der Waals surface area contributed by atoms with Crippen molar-refractivity contribution >= 4 is 12.1 Å². The topological polar surface area (TPSA) is 86.2 Å². The Kier molecular flexibility index (Phi) is 3.58. The first-order valence-electron chi connectivity index (χ1n) is 6.57. The molecule has 1 amide bonds. The van der Waals surface area contributed by atoms with Crippen molar-refractivity contribution in [2.45, 2.75) is 25.1 Å². The summed E-state index contributed by atoms with van der Waals surface area (Å²) in [5, 5.41) is 7.15. The van der Waals surface area contributed by atoms with Crippen LogP contribution in [0.2, 0.25) is 0 Å². The first kappa shape index (κ1) is 15.1. The lowest BCUT2D eigenvalue weighted by Gasteiger charge is -2.07. The predicted octanol–water partition coefficient (Wildman–Crippen LogP) is 2.15. The maximum absolute atomic E-state index is 12.6. The largest absolute Gasteiger partial charge is 0.435 e. The van der Waals surface area contributed by atoms with Crippen molar-refractivity contribution in [3.8, 4) is 0 Å². The summed E-state index contributed by atoms with van der Waals surface area (Å²) in [6.45, 7) is 1.56. The van der Waals surface area contributed by atoms with Gasteiger partial charge in [-0.2, -0.15) is 23.3 Å². The van der Waals surface area contributed by atoms with Gasteiger partial charge in [-0.25, -0.2) is 4.99 Å². The van der Waals surface area contributed by atoms with Crippen LogP contribution < -0.4 is 0 Å². The van der Waals surface area contributed by atoms with Crippen molar-refractivity contribution < 1.29 is 22.5 Å². The molecule has 0 spiro atoms. The third kappa shape index (κ3) is 2.91. The zero-order valence-corrected chi connectivity index (χ0v) is 11.7. The molecule has 2 unspecified atom stereocenters. The Labute approximate surface area is 127 Å². The van der Waals surface area contributed by atoms with Crippen LogP contribution in [-0.2, 0) is 11.0 Å². The summed E-state index contributed by atoms with van der Waals surface area (Å²) in [7, 11) is 0. The number of hydrogen-bond donors (Lipinski definition) is 0. The smallest absolute Gasteiger partial charge is 0.337 e. The molecule has 0 radical (unpaired) electrons. The van der Waals surface area contributed by atoms with E-state index < -0.39 is 29.7 Å². The molecule has 0 saturated carbocycles. The molecule has 0 N–H and O–H groups in total. The van der Waals surface area contributed by atoms with Crippen LogP contribution in [0, 0.1) is 0 Å². The van der Waals surface area contributed by atoms with Crippen LogP contribution >= 0.6 is 0 Å². The molecule has 10 heteroatoms. The average molecular weight is 325 g/mol. The number of nitrogens with zero attached hydrogens (tertiary/aromatic N) is 5. The Hall–Kier alpha value is -2.78. The minimum atomic E-state index is -4.53. The fourth-order valence-electron chi connectivity index (χ4n) is 2.00. The summed E-state index contributed by atoms with van der Waals surface area (Å²) in [5.74, 6) is -1.04. The molecular weight excluding hydrogens is 315 g/mol. The maximum Gasteiger partial charge on any atom is 0.435 e. The summed E-state index contributed by atoms with van der Waals surface area (Å²) >= 11 is 0. The summed E-state index contributed by atoms with van der Waals surface area (Å²) in [6, 6.07) is 0.147. The van der Waals surface area contributed by atoms with Crippen LogP contribution in [0.3, 0.4) is 0 Å². The molecule has 3 heterocycles. The molecule has 0 aliphatic carbocycles. The van der Waals surface area contributed by atoms with E-state index in [1.807, 2.05) is 0 Å². The van der Waals surface area contributed by atoms with E-state index in [0.29, 0.717) is 0 Å². The van der Waals surface area contributed by atoms with Gasteiger partial charge < -0.3 is 4.52 Å². The number of carbonyl (C=O) groups is 1. The summed E-state index contributed by atoms with van der Waals surface area (Å²) < 4.78 is 43.8. The molecule has 7 nitrogen and oxygen atoms in total. The van der Waals surface area contributed by atoms with Gasteiger partial charge in [-0.05, 0) is 19.1 Å². The highest BCUT2D eigenvalue weighted by Crippen LogP contribution is 2.29. The van der Waals surface area contributed by atoms with Crippen molar-refractivity contribution in [3.63, 3.8) is 0 Å². The minimum absolute atomic E-state index is 0.0487. The van der Waals surface area contributed by atoms with Gasteiger partial charge in [-0.1, -0.05) is 11.2 Å². The second kappa shape index (κ2) is 5.45. The summed E-state index contributed by atoms with van der Waals surface area (Å²) in [4.78, 5) is 19.3. The zero-order valence-electron chi connectivity index (χ0n) is 11.7. The average Bonchev–Trinajstić information content (AvgIpc) is 3.16. The molecule has 0 fully saturated rings.